The van der Waals surface area contributed by atoms with Gasteiger partial charge in [0.2, 0.25) is 0 Å². The molecule has 0 unspecified atom stereocenters. The summed E-state index contributed by atoms with van der Waals surface area (Å²) < 4.78 is 0. The fourth-order valence-electron chi connectivity index (χ4n) is 1.02. The number of benzene rings is 1. The van der Waals surface area contributed by atoms with Crippen LogP contribution in [0.4, 0.5) is 0 Å². The number of aliphatic imine (C=N–C) groups is 1. The Labute approximate surface area is 90.8 Å². The normalized spacial score (nSPS) is 12.2. The first-order chi connectivity index (χ1) is 6.64. The third-order valence-corrected chi connectivity index (χ3v) is 2.59. The maximum absolute atomic E-state index is 5.78. The lowest BCUT2D eigenvalue weighted by atomic mass is 9.99. The molecule has 1 rings (SSSR count). The van der Waals surface area contributed by atoms with Gasteiger partial charge in [-0.15, -0.1) is 11.6 Å². The van der Waals surface area contributed by atoms with Gasteiger partial charge in [0, 0.05) is 17.5 Å². The van der Waals surface area contributed by atoms with Crippen molar-refractivity contribution in [3.63, 3.8) is 0 Å². The van der Waals surface area contributed by atoms with Gasteiger partial charge in [-0.2, -0.15) is 0 Å². The molecular formula is C12H16ClN. The molecule has 0 radical (unpaired) electrons. The van der Waals surface area contributed by atoms with Crippen LogP contribution >= 0.6 is 11.6 Å². The van der Waals surface area contributed by atoms with Crippen LogP contribution in [-0.2, 0) is 6.54 Å². The SMILES string of the molecule is CC(C)(C=NCc1ccccc1)CCl. The predicted octanol–water partition coefficient (Wildman–Crippen LogP) is 3.52. The first-order valence-electron chi connectivity index (χ1n) is 4.75. The van der Waals surface area contributed by atoms with Crippen molar-refractivity contribution in [3.05, 3.63) is 35.9 Å². The quantitative estimate of drug-likeness (QED) is 0.532. The molecule has 0 heterocycles. The van der Waals surface area contributed by atoms with E-state index in [4.69, 9.17) is 11.6 Å². The molecule has 1 aromatic carbocycles. The van der Waals surface area contributed by atoms with E-state index in [-0.39, 0.29) is 5.41 Å². The molecular weight excluding hydrogens is 194 g/mol. The topological polar surface area (TPSA) is 12.4 Å². The van der Waals surface area contributed by atoms with Crippen LogP contribution in [0.2, 0.25) is 0 Å². The van der Waals surface area contributed by atoms with Crippen LogP contribution in [0.5, 0.6) is 0 Å². The minimum absolute atomic E-state index is 0.00364. The molecule has 0 saturated carbocycles. The molecule has 0 aliphatic carbocycles. The Balaban J connectivity index is 2.49. The van der Waals surface area contributed by atoms with E-state index < -0.39 is 0 Å². The molecule has 0 aliphatic heterocycles. The van der Waals surface area contributed by atoms with Crippen LogP contribution in [0.1, 0.15) is 19.4 Å². The third-order valence-electron chi connectivity index (χ3n) is 1.90. The average Bonchev–Trinajstić information content (AvgIpc) is 2.19. The summed E-state index contributed by atoms with van der Waals surface area (Å²) in [4.78, 5) is 4.37. The van der Waals surface area contributed by atoms with Gasteiger partial charge in [0.25, 0.3) is 0 Å². The lowest BCUT2D eigenvalue weighted by Gasteiger charge is -2.13. The summed E-state index contributed by atoms with van der Waals surface area (Å²) in [6.45, 7) is 4.89. The first-order valence-corrected chi connectivity index (χ1v) is 5.28. The molecule has 14 heavy (non-hydrogen) atoms. The van der Waals surface area contributed by atoms with E-state index in [1.165, 1.54) is 5.56 Å². The number of nitrogens with zero attached hydrogens (tertiary/aromatic N) is 1. The van der Waals surface area contributed by atoms with Gasteiger partial charge in [-0.05, 0) is 5.56 Å². The Morgan fingerprint density at radius 3 is 2.50 bits per heavy atom. The Morgan fingerprint density at radius 1 is 1.29 bits per heavy atom. The third kappa shape index (κ3) is 3.93. The highest BCUT2D eigenvalue weighted by Crippen LogP contribution is 2.13. The second kappa shape index (κ2) is 5.16. The van der Waals surface area contributed by atoms with Gasteiger partial charge in [-0.1, -0.05) is 44.2 Å². The van der Waals surface area contributed by atoms with Crippen LogP contribution in [0.15, 0.2) is 35.3 Å². The highest BCUT2D eigenvalue weighted by molar-refractivity contribution is 6.19. The molecule has 2 heteroatoms. The van der Waals surface area contributed by atoms with Crippen LogP contribution in [0, 0.1) is 5.41 Å². The lowest BCUT2D eigenvalue weighted by molar-refractivity contribution is 0.612. The molecule has 0 amide bonds. The molecule has 0 aromatic heterocycles. The Bertz CT molecular complexity index is 290. The summed E-state index contributed by atoms with van der Waals surface area (Å²) >= 11 is 5.78. The Kier molecular flexibility index (Phi) is 4.15. The minimum atomic E-state index is -0.00364. The molecule has 1 nitrogen and oxygen atoms in total. The van der Waals surface area contributed by atoms with Gasteiger partial charge < -0.3 is 0 Å². The summed E-state index contributed by atoms with van der Waals surface area (Å²) in [6.07, 6.45) is 1.94. The summed E-state index contributed by atoms with van der Waals surface area (Å²) in [5.74, 6) is 0.602. The molecule has 0 spiro atoms. The highest BCUT2D eigenvalue weighted by atomic mass is 35.5. The molecule has 0 aliphatic rings. The smallest absolute Gasteiger partial charge is 0.0636 e. The second-order valence-electron chi connectivity index (χ2n) is 4.08. The number of halogens is 1. The van der Waals surface area contributed by atoms with Crippen molar-refractivity contribution in [3.8, 4) is 0 Å². The van der Waals surface area contributed by atoms with Gasteiger partial charge in [0.05, 0.1) is 6.54 Å². The molecule has 0 bridgehead atoms. The molecule has 1 aromatic rings. The molecule has 0 atom stereocenters. The predicted molar refractivity (Wildman–Crippen MR) is 63.1 cm³/mol. The monoisotopic (exact) mass is 209 g/mol. The first kappa shape index (κ1) is 11.3. The highest BCUT2D eigenvalue weighted by Gasteiger charge is 2.11. The van der Waals surface area contributed by atoms with E-state index in [0.717, 1.165) is 6.54 Å². The van der Waals surface area contributed by atoms with Gasteiger partial charge in [-0.25, -0.2) is 0 Å². The fourth-order valence-corrected chi connectivity index (χ4v) is 1.09. The van der Waals surface area contributed by atoms with E-state index >= 15 is 0 Å². The van der Waals surface area contributed by atoms with E-state index in [2.05, 4.69) is 31.0 Å². The summed E-state index contributed by atoms with van der Waals surface area (Å²) in [7, 11) is 0. The standard InChI is InChI=1S/C12H16ClN/c1-12(2,9-13)10-14-8-11-6-4-3-5-7-11/h3-7,10H,8-9H2,1-2H3. The number of hydrogen-bond acceptors (Lipinski definition) is 1. The van der Waals surface area contributed by atoms with E-state index in [1.54, 1.807) is 0 Å². The van der Waals surface area contributed by atoms with Gasteiger partial charge in [-0.3, -0.25) is 4.99 Å². The maximum atomic E-state index is 5.78. The number of rotatable bonds is 4. The average molecular weight is 210 g/mol. The molecule has 0 N–H and O–H groups in total. The van der Waals surface area contributed by atoms with Crippen molar-refractivity contribution in [2.24, 2.45) is 10.4 Å². The van der Waals surface area contributed by atoms with Gasteiger partial charge in [0.1, 0.15) is 0 Å². The van der Waals surface area contributed by atoms with Crippen molar-refractivity contribution in [1.82, 2.24) is 0 Å². The zero-order valence-electron chi connectivity index (χ0n) is 8.70. The zero-order chi connectivity index (χ0) is 10.4. The van der Waals surface area contributed by atoms with Crippen molar-refractivity contribution in [2.75, 3.05) is 5.88 Å². The summed E-state index contributed by atoms with van der Waals surface area (Å²) in [5.41, 5.74) is 1.23. The van der Waals surface area contributed by atoms with Gasteiger partial charge in [0.15, 0.2) is 0 Å². The maximum Gasteiger partial charge on any atom is 0.0636 e. The number of hydrogen-bond donors (Lipinski definition) is 0. The zero-order valence-corrected chi connectivity index (χ0v) is 9.46. The van der Waals surface area contributed by atoms with Crippen molar-refractivity contribution >= 4 is 17.8 Å². The Morgan fingerprint density at radius 2 is 1.93 bits per heavy atom. The molecule has 76 valence electrons. The molecule has 0 fully saturated rings. The largest absolute Gasteiger partial charge is 0.292 e. The Hall–Kier alpha value is -0.820. The van der Waals surface area contributed by atoms with Gasteiger partial charge >= 0.3 is 0 Å². The number of alkyl halides is 1. The summed E-state index contributed by atoms with van der Waals surface area (Å²) in [5, 5.41) is 0. The van der Waals surface area contributed by atoms with E-state index in [0.29, 0.717) is 5.88 Å². The lowest BCUT2D eigenvalue weighted by Crippen LogP contribution is -2.14. The van der Waals surface area contributed by atoms with Crippen LogP contribution in [0.3, 0.4) is 0 Å². The van der Waals surface area contributed by atoms with Crippen LogP contribution < -0.4 is 0 Å². The summed E-state index contributed by atoms with van der Waals surface area (Å²) in [6, 6.07) is 10.2. The van der Waals surface area contributed by atoms with Crippen molar-refractivity contribution in [2.45, 2.75) is 20.4 Å². The fraction of sp³-hybridized carbons (Fsp3) is 0.417. The van der Waals surface area contributed by atoms with Crippen LogP contribution in [0.25, 0.3) is 0 Å². The van der Waals surface area contributed by atoms with Crippen molar-refractivity contribution in [1.29, 1.82) is 0 Å². The van der Waals surface area contributed by atoms with Crippen molar-refractivity contribution < 1.29 is 0 Å². The minimum Gasteiger partial charge on any atom is -0.292 e. The second-order valence-corrected chi connectivity index (χ2v) is 4.34. The van der Waals surface area contributed by atoms with E-state index in [9.17, 15) is 0 Å². The van der Waals surface area contributed by atoms with Crippen LogP contribution in [-0.4, -0.2) is 12.1 Å². The van der Waals surface area contributed by atoms with E-state index in [1.807, 2.05) is 24.4 Å². The molecule has 0 saturated heterocycles.